The number of imide groups is 1. The third-order valence-electron chi connectivity index (χ3n) is 5.84. The molecule has 10 heteroatoms. The van der Waals surface area contributed by atoms with Crippen LogP contribution in [0.1, 0.15) is 61.0 Å². The summed E-state index contributed by atoms with van der Waals surface area (Å²) in [7, 11) is 0. The number of para-hydroxylation sites is 1. The Bertz CT molecular complexity index is 1480. The first kappa shape index (κ1) is 29.9. The SMILES string of the molecule is CC(C)C1=NN(C(=O)OC(C)(C)C)C(=O)C1=C1C=C(Sc2ccc(N)cc2)c2ccccc2N1C(=O)OC(C)(C)C. The van der Waals surface area contributed by atoms with Crippen LogP contribution in [0.5, 0.6) is 0 Å². The van der Waals surface area contributed by atoms with Crippen LogP contribution in [0.15, 0.2) is 75.9 Å². The molecule has 0 unspecified atom stereocenters. The Labute approximate surface area is 245 Å². The van der Waals surface area contributed by atoms with Gasteiger partial charge in [-0.15, -0.1) is 5.01 Å². The molecule has 0 bridgehead atoms. The molecule has 9 nitrogen and oxygen atoms in total. The predicted molar refractivity (Wildman–Crippen MR) is 162 cm³/mol. The first-order chi connectivity index (χ1) is 19.1. The summed E-state index contributed by atoms with van der Waals surface area (Å²) in [5.41, 5.74) is 6.96. The molecule has 0 saturated carbocycles. The number of nitrogens with zero attached hydrogens (tertiary/aromatic N) is 3. The van der Waals surface area contributed by atoms with E-state index in [-0.39, 0.29) is 17.2 Å². The molecule has 2 N–H and O–H groups in total. The average Bonchev–Trinajstić information content (AvgIpc) is 3.20. The Morgan fingerprint density at radius 1 is 0.902 bits per heavy atom. The molecule has 2 heterocycles. The van der Waals surface area contributed by atoms with Crippen molar-refractivity contribution in [1.82, 2.24) is 5.01 Å². The second-order valence-corrected chi connectivity index (χ2v) is 13.1. The van der Waals surface area contributed by atoms with E-state index in [2.05, 4.69) is 5.10 Å². The van der Waals surface area contributed by atoms with Crippen LogP contribution in [0.3, 0.4) is 0 Å². The lowest BCUT2D eigenvalue weighted by atomic mass is 9.95. The molecule has 2 aliphatic rings. The van der Waals surface area contributed by atoms with Crippen LogP contribution in [0.25, 0.3) is 4.91 Å². The minimum atomic E-state index is -0.892. The van der Waals surface area contributed by atoms with Crippen molar-refractivity contribution >= 4 is 51.8 Å². The maximum atomic E-state index is 13.9. The number of nitrogen functional groups attached to an aromatic ring is 1. The van der Waals surface area contributed by atoms with E-state index in [1.807, 2.05) is 56.3 Å². The van der Waals surface area contributed by atoms with Gasteiger partial charge in [-0.3, -0.25) is 4.79 Å². The molecule has 0 radical (unpaired) electrons. The molecule has 0 fully saturated rings. The van der Waals surface area contributed by atoms with Crippen LogP contribution in [-0.4, -0.2) is 40.0 Å². The number of ether oxygens (including phenoxy) is 2. The molecule has 2 aromatic rings. The monoisotopic (exact) mass is 576 g/mol. The number of fused-ring (bicyclic) bond motifs is 1. The molecule has 3 amide bonds. The lowest BCUT2D eigenvalue weighted by molar-refractivity contribution is -0.125. The first-order valence-corrected chi connectivity index (χ1v) is 14.2. The second-order valence-electron chi connectivity index (χ2n) is 12.0. The van der Waals surface area contributed by atoms with E-state index >= 15 is 0 Å². The van der Waals surface area contributed by atoms with E-state index in [1.165, 1.54) is 16.7 Å². The van der Waals surface area contributed by atoms with E-state index < -0.39 is 29.3 Å². The van der Waals surface area contributed by atoms with Gasteiger partial charge in [0.1, 0.15) is 11.2 Å². The standard InChI is InChI=1S/C31H36N4O5S/c1-18(2)26-25(27(36)35(33-26)29(38)40-31(6,7)8)23-17-24(41-20-15-13-19(32)14-16-20)21-11-9-10-12-22(21)34(23)28(37)39-30(3,4)5/h9-18H,32H2,1-8H3. The van der Waals surface area contributed by atoms with Crippen LogP contribution in [0.4, 0.5) is 21.0 Å². The van der Waals surface area contributed by atoms with Gasteiger partial charge in [0.25, 0.3) is 5.91 Å². The molecular formula is C31H36N4O5S. The summed E-state index contributed by atoms with van der Waals surface area (Å²) in [5.74, 6) is -0.938. The number of rotatable bonds is 3. The topological polar surface area (TPSA) is 115 Å². The minimum absolute atomic E-state index is 0.127. The molecule has 4 rings (SSSR count). The van der Waals surface area contributed by atoms with Crippen LogP contribution >= 0.6 is 11.8 Å². The Hall–Kier alpha value is -4.05. The van der Waals surface area contributed by atoms with Crippen LogP contribution in [0, 0.1) is 5.92 Å². The highest BCUT2D eigenvalue weighted by molar-refractivity contribution is 8.08. The number of hydrazone groups is 1. The van der Waals surface area contributed by atoms with Crippen molar-refractivity contribution in [3.63, 3.8) is 0 Å². The van der Waals surface area contributed by atoms with Crippen molar-refractivity contribution in [3.8, 4) is 0 Å². The number of thioether (sulfide) groups is 1. The van der Waals surface area contributed by atoms with Crippen molar-refractivity contribution in [2.45, 2.75) is 71.5 Å². The molecule has 2 aliphatic heterocycles. The summed E-state index contributed by atoms with van der Waals surface area (Å²) in [6.07, 6.45) is 0.223. The Kier molecular flexibility index (Phi) is 8.09. The van der Waals surface area contributed by atoms with Crippen molar-refractivity contribution in [2.24, 2.45) is 11.0 Å². The van der Waals surface area contributed by atoms with E-state index in [1.54, 1.807) is 53.7 Å². The average molecular weight is 577 g/mol. The van der Waals surface area contributed by atoms with E-state index in [0.29, 0.717) is 17.1 Å². The maximum Gasteiger partial charge on any atom is 0.438 e. The summed E-state index contributed by atoms with van der Waals surface area (Å²) in [4.78, 5) is 43.8. The van der Waals surface area contributed by atoms with E-state index in [0.717, 1.165) is 20.4 Å². The molecule has 0 saturated heterocycles. The lowest BCUT2D eigenvalue weighted by Gasteiger charge is -2.33. The number of benzene rings is 2. The van der Waals surface area contributed by atoms with E-state index in [9.17, 15) is 14.4 Å². The normalized spacial score (nSPS) is 17.3. The molecule has 0 aliphatic carbocycles. The van der Waals surface area contributed by atoms with E-state index in [4.69, 9.17) is 15.2 Å². The van der Waals surface area contributed by atoms with Gasteiger partial charge in [0, 0.05) is 21.1 Å². The van der Waals surface area contributed by atoms with Gasteiger partial charge >= 0.3 is 12.2 Å². The number of hydrogen-bond acceptors (Lipinski definition) is 8. The molecule has 2 aromatic carbocycles. The zero-order chi connectivity index (χ0) is 30.3. The zero-order valence-corrected chi connectivity index (χ0v) is 25.5. The molecule has 0 aromatic heterocycles. The molecule has 0 spiro atoms. The van der Waals surface area contributed by atoms with Gasteiger partial charge in [-0.25, -0.2) is 14.5 Å². The zero-order valence-electron chi connectivity index (χ0n) is 24.6. The second kappa shape index (κ2) is 11.1. The summed E-state index contributed by atoms with van der Waals surface area (Å²) in [5, 5.41) is 5.13. The highest BCUT2D eigenvalue weighted by Crippen LogP contribution is 2.46. The van der Waals surface area contributed by atoms with Gasteiger partial charge < -0.3 is 15.2 Å². The fourth-order valence-corrected chi connectivity index (χ4v) is 5.18. The van der Waals surface area contributed by atoms with Crippen molar-refractivity contribution in [2.75, 3.05) is 10.6 Å². The van der Waals surface area contributed by atoms with Crippen LogP contribution < -0.4 is 10.6 Å². The third-order valence-corrected chi connectivity index (χ3v) is 6.91. The number of nitrogens with two attached hydrogens (primary N) is 1. The third kappa shape index (κ3) is 6.65. The van der Waals surface area contributed by atoms with Crippen LogP contribution in [-0.2, 0) is 14.3 Å². The summed E-state index contributed by atoms with van der Waals surface area (Å²) in [6, 6.07) is 14.8. The number of carbonyl (C=O) groups is 3. The smallest absolute Gasteiger partial charge is 0.438 e. The Balaban J connectivity index is 1.95. The van der Waals surface area contributed by atoms with Gasteiger partial charge in [0.2, 0.25) is 0 Å². The number of carbonyl (C=O) groups excluding carboxylic acids is 3. The molecule has 0 atom stereocenters. The van der Waals surface area contributed by atoms with Gasteiger partial charge in [0.05, 0.1) is 22.7 Å². The van der Waals surface area contributed by atoms with Gasteiger partial charge in [-0.05, 0) is 83.9 Å². The molecular weight excluding hydrogens is 540 g/mol. The quantitative estimate of drug-likeness (QED) is 0.303. The fourth-order valence-electron chi connectivity index (χ4n) is 4.20. The first-order valence-electron chi connectivity index (χ1n) is 13.3. The Morgan fingerprint density at radius 2 is 1.49 bits per heavy atom. The molecule has 216 valence electrons. The summed E-state index contributed by atoms with van der Waals surface area (Å²) in [6.45, 7) is 14.2. The van der Waals surface area contributed by atoms with Crippen molar-refractivity contribution in [1.29, 1.82) is 0 Å². The number of amides is 3. The van der Waals surface area contributed by atoms with Crippen molar-refractivity contribution < 1.29 is 23.9 Å². The number of hydrogen-bond donors (Lipinski definition) is 1. The van der Waals surface area contributed by atoms with Gasteiger partial charge in [0.15, 0.2) is 0 Å². The summed E-state index contributed by atoms with van der Waals surface area (Å²) < 4.78 is 11.3. The number of anilines is 2. The van der Waals surface area contributed by atoms with Crippen molar-refractivity contribution in [3.05, 3.63) is 71.4 Å². The lowest BCUT2D eigenvalue weighted by Crippen LogP contribution is -2.40. The van der Waals surface area contributed by atoms with Gasteiger partial charge in [-0.2, -0.15) is 5.10 Å². The fraction of sp³-hybridized carbons (Fsp3) is 0.355. The molecule has 41 heavy (non-hydrogen) atoms. The minimum Gasteiger partial charge on any atom is -0.443 e. The van der Waals surface area contributed by atoms with Gasteiger partial charge in [-0.1, -0.05) is 43.8 Å². The maximum absolute atomic E-state index is 13.9. The summed E-state index contributed by atoms with van der Waals surface area (Å²) >= 11 is 1.47. The largest absolute Gasteiger partial charge is 0.443 e. The number of allylic oxidation sites excluding steroid dienone is 1. The Morgan fingerprint density at radius 3 is 2.07 bits per heavy atom. The highest BCUT2D eigenvalue weighted by atomic mass is 32.2. The highest BCUT2D eigenvalue weighted by Gasteiger charge is 2.43. The predicted octanol–water partition coefficient (Wildman–Crippen LogP) is 7.20. The van der Waals surface area contributed by atoms with Crippen LogP contribution in [0.2, 0.25) is 0 Å².